The van der Waals surface area contributed by atoms with Crippen molar-refractivity contribution in [2.24, 2.45) is 0 Å². The maximum Gasteiger partial charge on any atom is 0.224 e. The smallest absolute Gasteiger partial charge is 0.224 e. The average molecular weight is 298 g/mol. The van der Waals surface area contributed by atoms with E-state index in [1.54, 1.807) is 12.4 Å². The Hall–Kier alpha value is -2.56. The third-order valence-electron chi connectivity index (χ3n) is 3.42. The highest BCUT2D eigenvalue weighted by Crippen LogP contribution is 2.30. The Morgan fingerprint density at radius 2 is 1.82 bits per heavy atom. The number of nitrogens with zero attached hydrogens (tertiary/aromatic N) is 1. The molecule has 0 saturated heterocycles. The molecule has 1 aromatic carbocycles. The zero-order valence-electron chi connectivity index (χ0n) is 12.2. The molecular formula is C17H18N2O3. The van der Waals surface area contributed by atoms with Gasteiger partial charge in [-0.15, -0.1) is 0 Å². The number of hydrogen-bond donors (Lipinski definition) is 1. The van der Waals surface area contributed by atoms with Crippen LogP contribution in [0.15, 0.2) is 42.7 Å². The van der Waals surface area contributed by atoms with Crippen LogP contribution in [0.3, 0.4) is 0 Å². The Bertz CT molecular complexity index is 644. The molecule has 22 heavy (non-hydrogen) atoms. The fourth-order valence-corrected chi connectivity index (χ4v) is 2.27. The number of amides is 1. The molecule has 2 heterocycles. The normalized spacial score (nSPS) is 13.3. The fourth-order valence-electron chi connectivity index (χ4n) is 2.27. The van der Waals surface area contributed by atoms with Gasteiger partial charge in [-0.1, -0.05) is 6.07 Å². The monoisotopic (exact) mass is 298 g/mol. The summed E-state index contributed by atoms with van der Waals surface area (Å²) >= 11 is 0. The third-order valence-corrected chi connectivity index (χ3v) is 3.42. The maximum absolute atomic E-state index is 12.0. The predicted octanol–water partition coefficient (Wildman–Crippen LogP) is 2.10. The Morgan fingerprint density at radius 3 is 2.64 bits per heavy atom. The minimum absolute atomic E-state index is 0.0219. The number of fused-ring (bicyclic) bond motifs is 1. The Balaban J connectivity index is 1.58. The second-order valence-electron chi connectivity index (χ2n) is 5.14. The van der Waals surface area contributed by atoms with Crippen molar-refractivity contribution < 1.29 is 14.3 Å². The van der Waals surface area contributed by atoms with Gasteiger partial charge in [0.1, 0.15) is 0 Å². The standard InChI is InChI=1S/C17H18N2O3/c20-17(19-12-13-4-6-18-7-5-13)11-14-2-3-15-16(10-14)22-9-1-8-21-15/h2-7,10H,1,8-9,11-12H2,(H,19,20). The Labute approximate surface area is 129 Å². The van der Waals surface area contributed by atoms with Crippen LogP contribution >= 0.6 is 0 Å². The molecule has 2 aromatic rings. The van der Waals surface area contributed by atoms with Gasteiger partial charge < -0.3 is 14.8 Å². The van der Waals surface area contributed by atoms with Gasteiger partial charge in [0, 0.05) is 25.4 Å². The molecule has 0 bridgehead atoms. The summed E-state index contributed by atoms with van der Waals surface area (Å²) in [5.41, 5.74) is 1.94. The second kappa shape index (κ2) is 6.93. The summed E-state index contributed by atoms with van der Waals surface area (Å²) in [6.07, 6.45) is 4.62. The second-order valence-corrected chi connectivity index (χ2v) is 5.14. The largest absolute Gasteiger partial charge is 0.490 e. The molecule has 5 heteroatoms. The van der Waals surface area contributed by atoms with Crippen LogP contribution < -0.4 is 14.8 Å². The summed E-state index contributed by atoms with van der Waals surface area (Å²) < 4.78 is 11.2. The SMILES string of the molecule is O=C(Cc1ccc2c(c1)OCCCO2)NCc1ccncc1. The van der Waals surface area contributed by atoms with Crippen molar-refractivity contribution in [2.75, 3.05) is 13.2 Å². The molecule has 1 aliphatic rings. The van der Waals surface area contributed by atoms with Crippen LogP contribution in [0.4, 0.5) is 0 Å². The number of carbonyl (C=O) groups is 1. The molecule has 1 aliphatic heterocycles. The van der Waals surface area contributed by atoms with Crippen LogP contribution in [0.5, 0.6) is 11.5 Å². The van der Waals surface area contributed by atoms with E-state index in [2.05, 4.69) is 10.3 Å². The third kappa shape index (κ3) is 3.75. The van der Waals surface area contributed by atoms with Gasteiger partial charge in [-0.05, 0) is 35.4 Å². The van der Waals surface area contributed by atoms with Crippen LogP contribution in [0.25, 0.3) is 0 Å². The van der Waals surface area contributed by atoms with E-state index < -0.39 is 0 Å². The van der Waals surface area contributed by atoms with Crippen molar-refractivity contribution in [3.05, 3.63) is 53.9 Å². The molecule has 3 rings (SSSR count). The zero-order valence-corrected chi connectivity index (χ0v) is 12.2. The van der Waals surface area contributed by atoms with Crippen molar-refractivity contribution in [3.8, 4) is 11.5 Å². The van der Waals surface area contributed by atoms with E-state index in [-0.39, 0.29) is 5.91 Å². The first-order valence-electron chi connectivity index (χ1n) is 7.35. The van der Waals surface area contributed by atoms with E-state index in [4.69, 9.17) is 9.47 Å². The van der Waals surface area contributed by atoms with Crippen molar-refractivity contribution in [3.63, 3.8) is 0 Å². The Kier molecular flexibility index (Phi) is 4.53. The molecule has 0 aliphatic carbocycles. The molecule has 1 N–H and O–H groups in total. The Morgan fingerprint density at radius 1 is 1.05 bits per heavy atom. The number of rotatable bonds is 4. The van der Waals surface area contributed by atoms with E-state index in [0.29, 0.717) is 26.2 Å². The topological polar surface area (TPSA) is 60.5 Å². The number of hydrogen-bond acceptors (Lipinski definition) is 4. The van der Waals surface area contributed by atoms with Gasteiger partial charge in [-0.25, -0.2) is 0 Å². The first kappa shape index (κ1) is 14.4. The van der Waals surface area contributed by atoms with Gasteiger partial charge in [0.25, 0.3) is 0 Å². The molecule has 0 fully saturated rings. The fraction of sp³-hybridized carbons (Fsp3) is 0.294. The summed E-state index contributed by atoms with van der Waals surface area (Å²) in [6.45, 7) is 1.81. The van der Waals surface area contributed by atoms with Gasteiger partial charge in [-0.2, -0.15) is 0 Å². The average Bonchev–Trinajstić information content (AvgIpc) is 2.79. The highest BCUT2D eigenvalue weighted by Gasteiger charge is 2.12. The van der Waals surface area contributed by atoms with Gasteiger partial charge in [-0.3, -0.25) is 9.78 Å². The number of ether oxygens (including phenoxy) is 2. The number of aromatic nitrogens is 1. The number of pyridine rings is 1. The molecule has 0 radical (unpaired) electrons. The van der Waals surface area contributed by atoms with E-state index in [0.717, 1.165) is 29.0 Å². The zero-order chi connectivity index (χ0) is 15.2. The molecule has 0 saturated carbocycles. The predicted molar refractivity (Wildman–Crippen MR) is 81.8 cm³/mol. The van der Waals surface area contributed by atoms with Gasteiger partial charge >= 0.3 is 0 Å². The number of nitrogens with one attached hydrogen (secondary N) is 1. The molecule has 1 aromatic heterocycles. The van der Waals surface area contributed by atoms with Crippen LogP contribution in [0.1, 0.15) is 17.5 Å². The van der Waals surface area contributed by atoms with Crippen LogP contribution in [0, 0.1) is 0 Å². The summed E-state index contributed by atoms with van der Waals surface area (Å²) in [5.74, 6) is 1.45. The highest BCUT2D eigenvalue weighted by atomic mass is 16.5. The van der Waals surface area contributed by atoms with E-state index in [1.807, 2.05) is 30.3 Å². The van der Waals surface area contributed by atoms with Crippen LogP contribution in [0.2, 0.25) is 0 Å². The summed E-state index contributed by atoms with van der Waals surface area (Å²) in [4.78, 5) is 16.0. The van der Waals surface area contributed by atoms with E-state index >= 15 is 0 Å². The first-order chi connectivity index (χ1) is 10.8. The van der Waals surface area contributed by atoms with E-state index in [1.165, 1.54) is 0 Å². The highest BCUT2D eigenvalue weighted by molar-refractivity contribution is 5.78. The molecular weight excluding hydrogens is 280 g/mol. The lowest BCUT2D eigenvalue weighted by molar-refractivity contribution is -0.120. The molecule has 0 atom stereocenters. The molecule has 1 amide bonds. The number of carbonyl (C=O) groups excluding carboxylic acids is 1. The lowest BCUT2D eigenvalue weighted by atomic mass is 10.1. The van der Waals surface area contributed by atoms with Gasteiger partial charge in [0.15, 0.2) is 11.5 Å². The maximum atomic E-state index is 12.0. The van der Waals surface area contributed by atoms with Gasteiger partial charge in [0.2, 0.25) is 5.91 Å². The minimum atomic E-state index is -0.0219. The summed E-state index contributed by atoms with van der Waals surface area (Å²) in [5, 5.41) is 2.90. The van der Waals surface area contributed by atoms with Gasteiger partial charge in [0.05, 0.1) is 19.6 Å². The van der Waals surface area contributed by atoms with E-state index in [9.17, 15) is 4.79 Å². The number of benzene rings is 1. The van der Waals surface area contributed by atoms with Crippen LogP contribution in [-0.2, 0) is 17.8 Å². The quantitative estimate of drug-likeness (QED) is 0.939. The van der Waals surface area contributed by atoms with Crippen molar-refractivity contribution in [1.82, 2.24) is 10.3 Å². The summed E-state index contributed by atoms with van der Waals surface area (Å²) in [7, 11) is 0. The first-order valence-corrected chi connectivity index (χ1v) is 7.35. The minimum Gasteiger partial charge on any atom is -0.490 e. The molecule has 0 unspecified atom stereocenters. The van der Waals surface area contributed by atoms with Crippen LogP contribution in [-0.4, -0.2) is 24.1 Å². The van der Waals surface area contributed by atoms with Crippen molar-refractivity contribution in [1.29, 1.82) is 0 Å². The molecule has 0 spiro atoms. The summed E-state index contributed by atoms with van der Waals surface area (Å²) in [6, 6.07) is 9.42. The van der Waals surface area contributed by atoms with Crippen molar-refractivity contribution >= 4 is 5.91 Å². The van der Waals surface area contributed by atoms with Crippen molar-refractivity contribution in [2.45, 2.75) is 19.4 Å². The molecule has 114 valence electrons. The lowest BCUT2D eigenvalue weighted by Gasteiger charge is -2.09. The lowest BCUT2D eigenvalue weighted by Crippen LogP contribution is -2.24. The molecule has 5 nitrogen and oxygen atoms in total.